The van der Waals surface area contributed by atoms with Crippen LogP contribution in [0.4, 0.5) is 11.4 Å². The number of nitrogens with zero attached hydrogens (tertiary/aromatic N) is 3. The van der Waals surface area contributed by atoms with Gasteiger partial charge in [0.2, 0.25) is 15.9 Å². The number of hydrogen-bond acceptors (Lipinski definition) is 8. The molecule has 1 aliphatic rings. The molecule has 0 radical (unpaired) electrons. The Bertz CT molecular complexity index is 813. The summed E-state index contributed by atoms with van der Waals surface area (Å²) in [5.41, 5.74) is -0.594. The number of amides is 1. The number of likely N-dealkylation sites (N-methyl/N-ethyl adjacent to an activating group) is 1. The minimum Gasteiger partial charge on any atom is -0.376 e. The highest BCUT2D eigenvalue weighted by molar-refractivity contribution is 7.89. The monoisotopic (exact) mass is 401 g/mol. The van der Waals surface area contributed by atoms with Gasteiger partial charge in [-0.05, 0) is 20.2 Å². The zero-order valence-corrected chi connectivity index (χ0v) is 15.9. The van der Waals surface area contributed by atoms with Crippen molar-refractivity contribution < 1.29 is 22.9 Å². The predicted octanol–water partition coefficient (Wildman–Crippen LogP) is -0.557. The first-order chi connectivity index (χ1) is 12.6. The van der Waals surface area contributed by atoms with Crippen LogP contribution >= 0.6 is 0 Å². The lowest BCUT2D eigenvalue weighted by atomic mass is 10.2. The Labute approximate surface area is 157 Å². The summed E-state index contributed by atoms with van der Waals surface area (Å²) in [5.74, 6) is -0.0517. The van der Waals surface area contributed by atoms with Crippen molar-refractivity contribution in [2.75, 3.05) is 52.2 Å². The lowest BCUT2D eigenvalue weighted by Gasteiger charge is -2.33. The van der Waals surface area contributed by atoms with Crippen molar-refractivity contribution in [1.29, 1.82) is 0 Å². The molecule has 0 aliphatic carbocycles. The van der Waals surface area contributed by atoms with Crippen LogP contribution in [0.25, 0.3) is 0 Å². The van der Waals surface area contributed by atoms with Crippen LogP contribution in [0.3, 0.4) is 0 Å². The number of anilines is 1. The van der Waals surface area contributed by atoms with Gasteiger partial charge in [0.15, 0.2) is 0 Å². The van der Waals surface area contributed by atoms with E-state index in [-0.39, 0.29) is 29.6 Å². The summed E-state index contributed by atoms with van der Waals surface area (Å²) in [5, 5.41) is 19.2. The van der Waals surface area contributed by atoms with E-state index in [2.05, 4.69) is 5.32 Å². The average molecular weight is 401 g/mol. The van der Waals surface area contributed by atoms with Crippen molar-refractivity contribution >= 4 is 27.3 Å². The van der Waals surface area contributed by atoms with Crippen LogP contribution in [0.2, 0.25) is 0 Å². The maximum absolute atomic E-state index is 12.2. The first-order valence-corrected chi connectivity index (χ1v) is 9.72. The van der Waals surface area contributed by atoms with Crippen molar-refractivity contribution in [3.8, 4) is 0 Å². The van der Waals surface area contributed by atoms with Gasteiger partial charge in [-0.15, -0.1) is 0 Å². The quantitative estimate of drug-likeness (QED) is 0.456. The molecule has 1 saturated heterocycles. The molecule has 12 heteroatoms. The van der Waals surface area contributed by atoms with Crippen LogP contribution in [-0.4, -0.2) is 82.0 Å². The van der Waals surface area contributed by atoms with Crippen LogP contribution in [0.5, 0.6) is 0 Å². The number of rotatable bonds is 7. The number of benzene rings is 1. The zero-order valence-electron chi connectivity index (χ0n) is 15.1. The van der Waals surface area contributed by atoms with E-state index in [0.717, 1.165) is 0 Å². The molecule has 1 aliphatic heterocycles. The zero-order chi connectivity index (χ0) is 20.2. The molecule has 1 heterocycles. The maximum atomic E-state index is 12.2. The summed E-state index contributed by atoms with van der Waals surface area (Å²) < 4.78 is 29.1. The molecule has 1 fully saturated rings. The third kappa shape index (κ3) is 5.60. The smallest absolute Gasteiger partial charge is 0.293 e. The minimum absolute atomic E-state index is 0.0517. The molecule has 2 rings (SSSR count). The Morgan fingerprint density at radius 1 is 1.48 bits per heavy atom. The summed E-state index contributed by atoms with van der Waals surface area (Å²) in [4.78, 5) is 25.8. The Morgan fingerprint density at radius 2 is 2.19 bits per heavy atom. The van der Waals surface area contributed by atoms with Crippen LogP contribution in [-0.2, 0) is 19.6 Å². The van der Waals surface area contributed by atoms with Gasteiger partial charge >= 0.3 is 0 Å². The highest BCUT2D eigenvalue weighted by Crippen LogP contribution is 2.31. The lowest BCUT2D eigenvalue weighted by Crippen LogP contribution is -2.50. The minimum atomic E-state index is -4.16. The fraction of sp³-hybridized carbons (Fsp3) is 0.533. The van der Waals surface area contributed by atoms with Crippen molar-refractivity contribution in [2.45, 2.75) is 11.0 Å². The number of carbonyl (C=O) groups is 1. The highest BCUT2D eigenvalue weighted by atomic mass is 32.2. The van der Waals surface area contributed by atoms with Gasteiger partial charge in [0.25, 0.3) is 5.69 Å². The van der Waals surface area contributed by atoms with Gasteiger partial charge in [0, 0.05) is 25.7 Å². The summed E-state index contributed by atoms with van der Waals surface area (Å²) >= 11 is 0. The SMILES string of the molecule is CN(C)CC(=O)N1CCOC(CNc2c([N+](=O)[O-])cccc2S(N)(=O)=O)C1. The van der Waals surface area contributed by atoms with Gasteiger partial charge in [-0.25, -0.2) is 13.6 Å². The van der Waals surface area contributed by atoms with Crippen molar-refractivity contribution in [3.63, 3.8) is 0 Å². The Hall–Kier alpha value is -2.28. The van der Waals surface area contributed by atoms with E-state index in [1.54, 1.807) is 23.9 Å². The average Bonchev–Trinajstić information content (AvgIpc) is 2.58. The predicted molar refractivity (Wildman–Crippen MR) is 97.8 cm³/mol. The molecule has 27 heavy (non-hydrogen) atoms. The van der Waals surface area contributed by atoms with Gasteiger partial charge in [0.1, 0.15) is 10.6 Å². The Morgan fingerprint density at radius 3 is 2.78 bits per heavy atom. The highest BCUT2D eigenvalue weighted by Gasteiger charge is 2.27. The topological polar surface area (TPSA) is 148 Å². The van der Waals surface area contributed by atoms with Crippen molar-refractivity contribution in [2.24, 2.45) is 5.14 Å². The molecule has 0 saturated carbocycles. The van der Waals surface area contributed by atoms with Crippen LogP contribution in [0, 0.1) is 10.1 Å². The first kappa shape index (κ1) is 21.0. The third-order valence-electron chi connectivity index (χ3n) is 3.96. The number of hydrogen-bond donors (Lipinski definition) is 2. The number of sulfonamides is 1. The number of nitro benzene ring substituents is 1. The standard InChI is InChI=1S/C15H23N5O6S/c1-18(2)10-14(21)19-6-7-26-11(9-19)8-17-15-12(20(22)23)4-3-5-13(15)27(16,24)25/h3-5,11,17H,6-10H2,1-2H3,(H2,16,24,25). The summed E-state index contributed by atoms with van der Waals surface area (Å²) in [6, 6.07) is 3.63. The van der Waals surface area contributed by atoms with Crippen LogP contribution < -0.4 is 10.5 Å². The van der Waals surface area contributed by atoms with E-state index in [0.29, 0.717) is 19.7 Å². The molecule has 1 aromatic rings. The number of ether oxygens (including phenoxy) is 1. The third-order valence-corrected chi connectivity index (χ3v) is 4.91. The van der Waals surface area contributed by atoms with Crippen molar-refractivity contribution in [3.05, 3.63) is 28.3 Å². The molecule has 11 nitrogen and oxygen atoms in total. The molecule has 0 aromatic heterocycles. The molecule has 1 amide bonds. The molecule has 1 atom stereocenters. The second-order valence-electron chi connectivity index (χ2n) is 6.40. The van der Waals surface area contributed by atoms with E-state index in [1.807, 2.05) is 0 Å². The van der Waals surface area contributed by atoms with Gasteiger partial charge in [-0.1, -0.05) is 6.07 Å². The number of carbonyl (C=O) groups excluding carboxylic acids is 1. The number of para-hydroxylation sites is 1. The second kappa shape index (κ2) is 8.61. The normalized spacial score (nSPS) is 17.8. The molecule has 150 valence electrons. The van der Waals surface area contributed by atoms with Gasteiger partial charge in [-0.3, -0.25) is 14.9 Å². The van der Waals surface area contributed by atoms with Gasteiger partial charge < -0.3 is 19.9 Å². The van der Waals surface area contributed by atoms with E-state index >= 15 is 0 Å². The van der Waals surface area contributed by atoms with E-state index in [1.165, 1.54) is 18.2 Å². The lowest BCUT2D eigenvalue weighted by molar-refractivity contribution is -0.384. The van der Waals surface area contributed by atoms with E-state index in [9.17, 15) is 23.3 Å². The largest absolute Gasteiger partial charge is 0.376 e. The number of nitro groups is 1. The molecule has 0 bridgehead atoms. The Kier molecular flexibility index (Phi) is 6.70. The van der Waals surface area contributed by atoms with Gasteiger partial charge in [0.05, 0.1) is 24.2 Å². The molecule has 0 spiro atoms. The number of morpholine rings is 1. The van der Waals surface area contributed by atoms with Crippen molar-refractivity contribution in [1.82, 2.24) is 9.80 Å². The molecular weight excluding hydrogens is 378 g/mol. The summed E-state index contributed by atoms with van der Waals surface area (Å²) in [6.07, 6.45) is -0.446. The summed E-state index contributed by atoms with van der Waals surface area (Å²) in [6.45, 7) is 1.42. The molecular formula is C15H23N5O6S. The van der Waals surface area contributed by atoms with Crippen LogP contribution in [0.15, 0.2) is 23.1 Å². The van der Waals surface area contributed by atoms with E-state index in [4.69, 9.17) is 9.88 Å². The fourth-order valence-electron chi connectivity index (χ4n) is 2.74. The molecule has 3 N–H and O–H groups in total. The second-order valence-corrected chi connectivity index (χ2v) is 7.93. The summed E-state index contributed by atoms with van der Waals surface area (Å²) in [7, 11) is -0.573. The fourth-order valence-corrected chi connectivity index (χ4v) is 3.47. The molecule has 1 aromatic carbocycles. The Balaban J connectivity index is 2.14. The van der Waals surface area contributed by atoms with E-state index < -0.39 is 26.7 Å². The van der Waals surface area contributed by atoms with Gasteiger partial charge in [-0.2, -0.15) is 0 Å². The number of nitrogens with two attached hydrogens (primary N) is 1. The number of primary sulfonamides is 1. The molecule has 1 unspecified atom stereocenters. The first-order valence-electron chi connectivity index (χ1n) is 8.17. The maximum Gasteiger partial charge on any atom is 0.293 e. The number of nitrogens with one attached hydrogen (secondary N) is 1. The van der Waals surface area contributed by atoms with Crippen LogP contribution in [0.1, 0.15) is 0 Å².